The molecule has 1 aliphatic heterocycles. The summed E-state index contributed by atoms with van der Waals surface area (Å²) in [5.41, 5.74) is 0. The number of thiophene rings is 1. The molecule has 0 unspecified atom stereocenters. The monoisotopic (exact) mass is 321 g/mol. The largest absolute Gasteiger partial charge is 0.375 e. The molecule has 0 radical (unpaired) electrons. The summed E-state index contributed by atoms with van der Waals surface area (Å²) in [6.07, 6.45) is 0.938. The summed E-state index contributed by atoms with van der Waals surface area (Å²) in [5.74, 6) is 1.20. The number of carbonyl (C=O) groups excluding carboxylic acids is 1. The van der Waals surface area contributed by atoms with Gasteiger partial charge in [-0.1, -0.05) is 11.2 Å². The van der Waals surface area contributed by atoms with Gasteiger partial charge in [-0.15, -0.1) is 11.3 Å². The van der Waals surface area contributed by atoms with Gasteiger partial charge in [0.2, 0.25) is 17.6 Å². The van der Waals surface area contributed by atoms with E-state index in [2.05, 4.69) is 10.1 Å². The fraction of sp³-hybridized carbons (Fsp3) is 0.533. The van der Waals surface area contributed by atoms with Crippen molar-refractivity contribution in [3.05, 3.63) is 23.4 Å². The van der Waals surface area contributed by atoms with Crippen LogP contribution in [0, 0.1) is 0 Å². The molecule has 0 aliphatic carbocycles. The van der Waals surface area contributed by atoms with Crippen molar-refractivity contribution < 1.29 is 14.1 Å². The van der Waals surface area contributed by atoms with Crippen molar-refractivity contribution in [3.8, 4) is 10.7 Å². The topological polar surface area (TPSA) is 68.5 Å². The Hall–Kier alpha value is -1.73. The van der Waals surface area contributed by atoms with E-state index in [4.69, 9.17) is 9.26 Å². The molecule has 6 nitrogen and oxygen atoms in total. The number of aromatic nitrogens is 2. The second kappa shape index (κ2) is 6.58. The zero-order chi connectivity index (χ0) is 15.5. The number of carbonyl (C=O) groups is 1. The molecule has 3 rings (SSSR count). The van der Waals surface area contributed by atoms with Gasteiger partial charge in [0.05, 0.1) is 23.6 Å². The van der Waals surface area contributed by atoms with E-state index in [0.717, 1.165) is 4.88 Å². The molecule has 0 N–H and O–H groups in total. The number of amides is 1. The lowest BCUT2D eigenvalue weighted by atomic mass is 10.1. The normalized spacial score (nSPS) is 22.0. The fourth-order valence-electron chi connectivity index (χ4n) is 2.47. The highest BCUT2D eigenvalue weighted by Crippen LogP contribution is 2.21. The highest BCUT2D eigenvalue weighted by atomic mass is 32.1. The standard InChI is InChI=1S/C15H19N3O3S/c1-10-9-20-11(2)8-18(10)14(19)6-5-13-16-15(17-21-13)12-4-3-7-22-12/h3-4,7,10-11H,5-6,8-9H2,1-2H3/t10-,11-/m0/s1. The predicted molar refractivity (Wildman–Crippen MR) is 82.5 cm³/mol. The van der Waals surface area contributed by atoms with Crippen LogP contribution < -0.4 is 0 Å². The Kier molecular flexibility index (Phi) is 4.54. The number of ether oxygens (including phenoxy) is 1. The van der Waals surface area contributed by atoms with Crippen LogP contribution in [-0.2, 0) is 16.0 Å². The molecular formula is C15H19N3O3S. The van der Waals surface area contributed by atoms with E-state index in [-0.39, 0.29) is 18.1 Å². The minimum absolute atomic E-state index is 0.0917. The van der Waals surface area contributed by atoms with Gasteiger partial charge in [0.1, 0.15) is 0 Å². The Morgan fingerprint density at radius 3 is 3.14 bits per heavy atom. The van der Waals surface area contributed by atoms with E-state index in [1.54, 1.807) is 11.3 Å². The molecule has 1 amide bonds. The van der Waals surface area contributed by atoms with Gasteiger partial charge >= 0.3 is 0 Å². The van der Waals surface area contributed by atoms with Gasteiger partial charge in [-0.2, -0.15) is 4.98 Å². The van der Waals surface area contributed by atoms with Crippen molar-refractivity contribution >= 4 is 17.2 Å². The lowest BCUT2D eigenvalue weighted by Crippen LogP contribution is -2.50. The van der Waals surface area contributed by atoms with Crippen LogP contribution in [0.3, 0.4) is 0 Å². The van der Waals surface area contributed by atoms with Gasteiger partial charge in [0, 0.05) is 19.4 Å². The minimum atomic E-state index is 0.0917. The molecule has 0 bridgehead atoms. The maximum absolute atomic E-state index is 12.3. The molecule has 0 spiro atoms. The van der Waals surface area contributed by atoms with E-state index < -0.39 is 0 Å². The first kappa shape index (κ1) is 15.2. The molecular weight excluding hydrogens is 302 g/mol. The van der Waals surface area contributed by atoms with E-state index in [1.807, 2.05) is 36.3 Å². The van der Waals surface area contributed by atoms with Crippen LogP contribution in [0.4, 0.5) is 0 Å². The van der Waals surface area contributed by atoms with Gasteiger partial charge in [-0.3, -0.25) is 4.79 Å². The summed E-state index contributed by atoms with van der Waals surface area (Å²) >= 11 is 1.56. The molecule has 2 aromatic rings. The van der Waals surface area contributed by atoms with Crippen molar-refractivity contribution in [2.24, 2.45) is 0 Å². The summed E-state index contributed by atoms with van der Waals surface area (Å²) in [6, 6.07) is 4.01. The third-order valence-corrected chi connectivity index (χ3v) is 4.56. The van der Waals surface area contributed by atoms with Gasteiger partial charge in [-0.25, -0.2) is 0 Å². The first-order chi connectivity index (χ1) is 10.6. The van der Waals surface area contributed by atoms with Gasteiger partial charge < -0.3 is 14.2 Å². The molecule has 3 heterocycles. The van der Waals surface area contributed by atoms with Crippen LogP contribution in [0.1, 0.15) is 26.2 Å². The summed E-state index contributed by atoms with van der Waals surface area (Å²) in [4.78, 5) is 19.5. The highest BCUT2D eigenvalue weighted by molar-refractivity contribution is 7.13. The van der Waals surface area contributed by atoms with Crippen molar-refractivity contribution in [3.63, 3.8) is 0 Å². The molecule has 22 heavy (non-hydrogen) atoms. The fourth-order valence-corrected chi connectivity index (χ4v) is 3.12. The molecule has 118 valence electrons. The molecule has 2 atom stereocenters. The minimum Gasteiger partial charge on any atom is -0.375 e. The summed E-state index contributed by atoms with van der Waals surface area (Å²) in [6.45, 7) is 5.23. The average molecular weight is 321 g/mol. The van der Waals surface area contributed by atoms with Gasteiger partial charge in [-0.05, 0) is 25.3 Å². The molecule has 0 saturated carbocycles. The van der Waals surface area contributed by atoms with Crippen molar-refractivity contribution in [1.82, 2.24) is 15.0 Å². The Morgan fingerprint density at radius 1 is 1.50 bits per heavy atom. The summed E-state index contributed by atoms with van der Waals surface area (Å²) in [5, 5.41) is 5.92. The zero-order valence-electron chi connectivity index (χ0n) is 12.7. The first-order valence-electron chi connectivity index (χ1n) is 7.41. The van der Waals surface area contributed by atoms with E-state index in [9.17, 15) is 4.79 Å². The average Bonchev–Trinajstić information content (AvgIpc) is 3.17. The maximum Gasteiger partial charge on any atom is 0.227 e. The van der Waals surface area contributed by atoms with Gasteiger partial charge in [0.15, 0.2) is 0 Å². The van der Waals surface area contributed by atoms with Crippen LogP contribution >= 0.6 is 11.3 Å². The lowest BCUT2D eigenvalue weighted by Gasteiger charge is -2.36. The van der Waals surface area contributed by atoms with E-state index in [0.29, 0.717) is 37.7 Å². The number of nitrogens with zero attached hydrogens (tertiary/aromatic N) is 3. The summed E-state index contributed by atoms with van der Waals surface area (Å²) < 4.78 is 10.8. The molecule has 2 aromatic heterocycles. The molecule has 1 saturated heterocycles. The predicted octanol–water partition coefficient (Wildman–Crippen LogP) is 2.37. The van der Waals surface area contributed by atoms with Crippen LogP contribution in [0.25, 0.3) is 10.7 Å². The zero-order valence-corrected chi connectivity index (χ0v) is 13.5. The first-order valence-corrected chi connectivity index (χ1v) is 8.29. The quantitative estimate of drug-likeness (QED) is 0.865. The Labute approximate surface area is 133 Å². The molecule has 0 aromatic carbocycles. The van der Waals surface area contributed by atoms with E-state index >= 15 is 0 Å². The molecule has 1 aliphatic rings. The Balaban J connectivity index is 1.57. The van der Waals surface area contributed by atoms with Crippen molar-refractivity contribution in [2.75, 3.05) is 13.2 Å². The third-order valence-electron chi connectivity index (χ3n) is 3.69. The number of morpholine rings is 1. The van der Waals surface area contributed by atoms with Crippen LogP contribution in [0.5, 0.6) is 0 Å². The van der Waals surface area contributed by atoms with E-state index in [1.165, 1.54) is 0 Å². The lowest BCUT2D eigenvalue weighted by molar-refractivity contribution is -0.143. The number of hydrogen-bond donors (Lipinski definition) is 0. The highest BCUT2D eigenvalue weighted by Gasteiger charge is 2.27. The molecule has 1 fully saturated rings. The number of hydrogen-bond acceptors (Lipinski definition) is 6. The Bertz CT molecular complexity index is 626. The second-order valence-corrected chi connectivity index (χ2v) is 6.48. The van der Waals surface area contributed by atoms with Gasteiger partial charge in [0.25, 0.3) is 0 Å². The number of aryl methyl sites for hydroxylation is 1. The van der Waals surface area contributed by atoms with Crippen LogP contribution in [0.15, 0.2) is 22.0 Å². The van der Waals surface area contributed by atoms with Crippen molar-refractivity contribution in [2.45, 2.75) is 38.8 Å². The Morgan fingerprint density at radius 2 is 2.36 bits per heavy atom. The maximum atomic E-state index is 12.3. The van der Waals surface area contributed by atoms with Crippen LogP contribution in [-0.4, -0.2) is 46.2 Å². The summed E-state index contributed by atoms with van der Waals surface area (Å²) in [7, 11) is 0. The second-order valence-electron chi connectivity index (χ2n) is 5.53. The SMILES string of the molecule is C[C@H]1CN(C(=O)CCc2nc(-c3cccs3)no2)[C@@H](C)CO1. The van der Waals surface area contributed by atoms with Crippen molar-refractivity contribution in [1.29, 1.82) is 0 Å². The van der Waals surface area contributed by atoms with Crippen LogP contribution in [0.2, 0.25) is 0 Å². The molecule has 7 heteroatoms. The third kappa shape index (κ3) is 3.36. The smallest absolute Gasteiger partial charge is 0.227 e. The number of rotatable bonds is 4.